The molecule has 52 heavy (non-hydrogen) atoms. The first-order valence-electron chi connectivity index (χ1n) is 17.5. The van der Waals surface area contributed by atoms with E-state index < -0.39 is 0 Å². The Labute approximate surface area is 303 Å². The van der Waals surface area contributed by atoms with Gasteiger partial charge in [-0.15, -0.1) is 11.3 Å². The van der Waals surface area contributed by atoms with Crippen LogP contribution in [0.5, 0.6) is 0 Å². The van der Waals surface area contributed by atoms with Crippen molar-refractivity contribution in [2.24, 2.45) is 0 Å². The van der Waals surface area contributed by atoms with Gasteiger partial charge in [0.25, 0.3) is 0 Å². The van der Waals surface area contributed by atoms with E-state index in [4.69, 9.17) is 8.83 Å². The van der Waals surface area contributed by atoms with Crippen LogP contribution in [0, 0.1) is 0 Å². The second kappa shape index (κ2) is 11.5. The van der Waals surface area contributed by atoms with Crippen molar-refractivity contribution in [3.8, 4) is 22.3 Å². The first-order valence-corrected chi connectivity index (χ1v) is 18.3. The lowest BCUT2D eigenvalue weighted by atomic mass is 10.0. The second-order valence-electron chi connectivity index (χ2n) is 13.3. The summed E-state index contributed by atoms with van der Waals surface area (Å²) in [6.07, 6.45) is 0. The Bertz CT molecular complexity index is 2970. The van der Waals surface area contributed by atoms with Gasteiger partial charge in [0.15, 0.2) is 0 Å². The number of thiophene rings is 1. The fourth-order valence-electron chi connectivity index (χ4n) is 7.72. The maximum atomic E-state index is 6.21. The first-order chi connectivity index (χ1) is 25.7. The highest BCUT2D eigenvalue weighted by Crippen LogP contribution is 2.41. The Morgan fingerprint density at radius 2 is 0.750 bits per heavy atom. The number of benzene rings is 8. The molecule has 11 rings (SSSR count). The molecule has 3 heterocycles. The highest BCUT2D eigenvalue weighted by atomic mass is 32.1. The van der Waals surface area contributed by atoms with Gasteiger partial charge >= 0.3 is 0 Å². The average Bonchev–Trinajstić information content (AvgIpc) is 3.89. The van der Waals surface area contributed by atoms with Gasteiger partial charge in [0.05, 0.1) is 0 Å². The monoisotopic (exact) mass is 683 g/mol. The van der Waals surface area contributed by atoms with Crippen LogP contribution in [0.15, 0.2) is 185 Å². The molecule has 0 N–H and O–H groups in total. The van der Waals surface area contributed by atoms with Gasteiger partial charge in [0, 0.05) is 58.8 Å². The van der Waals surface area contributed by atoms with Crippen LogP contribution in [-0.4, -0.2) is 0 Å². The molecule has 0 unspecified atom stereocenters. The van der Waals surface area contributed by atoms with E-state index in [1.165, 1.54) is 31.3 Å². The Morgan fingerprint density at radius 3 is 1.40 bits per heavy atom. The van der Waals surface area contributed by atoms with Crippen molar-refractivity contribution in [2.75, 3.05) is 4.90 Å². The summed E-state index contributed by atoms with van der Waals surface area (Å²) in [4.78, 5) is 2.33. The summed E-state index contributed by atoms with van der Waals surface area (Å²) in [6, 6.07) is 62.7. The number of hydrogen-bond acceptors (Lipinski definition) is 4. The molecule has 0 bridgehead atoms. The molecule has 3 aromatic heterocycles. The highest BCUT2D eigenvalue weighted by Gasteiger charge is 2.17. The lowest BCUT2D eigenvalue weighted by molar-refractivity contribution is 0.668. The third kappa shape index (κ3) is 4.65. The highest BCUT2D eigenvalue weighted by molar-refractivity contribution is 7.25. The zero-order valence-corrected chi connectivity index (χ0v) is 28.7. The minimum Gasteiger partial charge on any atom is -0.456 e. The molecule has 0 atom stereocenters. The van der Waals surface area contributed by atoms with E-state index in [0.717, 1.165) is 72.1 Å². The molecule has 0 aliphatic carbocycles. The molecule has 8 aromatic carbocycles. The number of rotatable bonds is 5. The van der Waals surface area contributed by atoms with Crippen molar-refractivity contribution >= 4 is 92.4 Å². The lowest BCUT2D eigenvalue weighted by Gasteiger charge is -2.26. The van der Waals surface area contributed by atoms with Gasteiger partial charge in [-0.2, -0.15) is 0 Å². The third-order valence-corrected chi connectivity index (χ3v) is 11.4. The van der Waals surface area contributed by atoms with E-state index in [1.807, 2.05) is 35.6 Å². The van der Waals surface area contributed by atoms with Gasteiger partial charge in [-0.1, -0.05) is 91.0 Å². The molecular weight excluding hydrogens is 655 g/mol. The van der Waals surface area contributed by atoms with Crippen molar-refractivity contribution in [2.45, 2.75) is 0 Å². The summed E-state index contributed by atoms with van der Waals surface area (Å²) in [6.45, 7) is 0. The Hall–Kier alpha value is -6.62. The Balaban J connectivity index is 1.01. The zero-order valence-electron chi connectivity index (χ0n) is 27.9. The van der Waals surface area contributed by atoms with Crippen molar-refractivity contribution < 1.29 is 8.83 Å². The van der Waals surface area contributed by atoms with E-state index in [0.29, 0.717) is 0 Å². The minimum absolute atomic E-state index is 0.883. The van der Waals surface area contributed by atoms with Gasteiger partial charge in [0.2, 0.25) is 0 Å². The molecule has 0 fully saturated rings. The largest absolute Gasteiger partial charge is 0.456 e. The predicted octanol–water partition coefficient (Wildman–Crippen LogP) is 14.7. The molecular formula is C48H29NO2S. The van der Waals surface area contributed by atoms with Crippen LogP contribution in [0.2, 0.25) is 0 Å². The molecule has 3 nitrogen and oxygen atoms in total. The van der Waals surface area contributed by atoms with Crippen molar-refractivity contribution in [1.82, 2.24) is 0 Å². The van der Waals surface area contributed by atoms with Gasteiger partial charge < -0.3 is 13.7 Å². The van der Waals surface area contributed by atoms with Crippen LogP contribution in [0.3, 0.4) is 0 Å². The summed E-state index contributed by atoms with van der Waals surface area (Å²) in [5, 5.41) is 7.11. The molecule has 0 aliphatic heterocycles. The van der Waals surface area contributed by atoms with Gasteiger partial charge in [-0.25, -0.2) is 0 Å². The molecule has 0 saturated carbocycles. The molecule has 244 valence electrons. The SMILES string of the molecule is c1ccc2c(c1)oc1ccc(-c3ccc(N(c4ccc(-c5ccc6sc7ccccc7c6c5)cc4)c4ccc5oc6ccccc6c5c4)cc3)cc12. The maximum absolute atomic E-state index is 6.21. The lowest BCUT2D eigenvalue weighted by Crippen LogP contribution is -2.09. The number of nitrogens with zero attached hydrogens (tertiary/aromatic N) is 1. The average molecular weight is 684 g/mol. The summed E-state index contributed by atoms with van der Waals surface area (Å²) in [5.41, 5.74) is 11.5. The summed E-state index contributed by atoms with van der Waals surface area (Å²) < 4.78 is 14.9. The minimum atomic E-state index is 0.883. The fraction of sp³-hybridized carbons (Fsp3) is 0. The Morgan fingerprint density at radius 1 is 0.308 bits per heavy atom. The van der Waals surface area contributed by atoms with Crippen LogP contribution >= 0.6 is 11.3 Å². The Kier molecular flexibility index (Phi) is 6.42. The standard InChI is InChI=1S/C48H29NO2S/c1-4-10-43-37(7-1)40-27-32(17-24-45(40)50-43)30-13-19-34(20-14-30)49(36-23-25-46-41(29-36)38-8-2-5-11-44(38)51-46)35-21-15-31(16-22-35)33-18-26-48-42(28-33)39-9-3-6-12-47(39)52-48/h1-29H. The van der Waals surface area contributed by atoms with Crippen molar-refractivity contribution in [3.63, 3.8) is 0 Å². The van der Waals surface area contributed by atoms with Crippen LogP contribution < -0.4 is 4.90 Å². The van der Waals surface area contributed by atoms with Crippen molar-refractivity contribution in [3.05, 3.63) is 176 Å². The van der Waals surface area contributed by atoms with Gasteiger partial charge in [-0.3, -0.25) is 0 Å². The summed E-state index contributed by atoms with van der Waals surface area (Å²) >= 11 is 1.85. The normalized spacial score (nSPS) is 11.8. The van der Waals surface area contributed by atoms with E-state index in [-0.39, 0.29) is 0 Å². The zero-order chi connectivity index (χ0) is 34.2. The quantitative estimate of drug-likeness (QED) is 0.181. The predicted molar refractivity (Wildman–Crippen MR) is 219 cm³/mol. The number of fused-ring (bicyclic) bond motifs is 9. The van der Waals surface area contributed by atoms with E-state index in [9.17, 15) is 0 Å². The molecule has 0 spiro atoms. The van der Waals surface area contributed by atoms with Gasteiger partial charge in [-0.05, 0) is 107 Å². The third-order valence-electron chi connectivity index (χ3n) is 10.3. The number of hydrogen-bond donors (Lipinski definition) is 0. The van der Waals surface area contributed by atoms with Crippen molar-refractivity contribution in [1.29, 1.82) is 0 Å². The molecule has 0 saturated heterocycles. The smallest absolute Gasteiger partial charge is 0.135 e. The van der Waals surface area contributed by atoms with Crippen LogP contribution in [-0.2, 0) is 0 Å². The molecule has 0 aliphatic rings. The molecule has 0 radical (unpaired) electrons. The molecule has 0 amide bonds. The van der Waals surface area contributed by atoms with Crippen LogP contribution in [0.1, 0.15) is 0 Å². The van der Waals surface area contributed by atoms with Crippen LogP contribution in [0.25, 0.3) is 86.3 Å². The number of para-hydroxylation sites is 2. The topological polar surface area (TPSA) is 29.5 Å². The number of anilines is 3. The fourth-order valence-corrected chi connectivity index (χ4v) is 8.80. The summed E-state index contributed by atoms with van der Waals surface area (Å²) in [5.74, 6) is 0. The van der Waals surface area contributed by atoms with E-state index in [1.54, 1.807) is 0 Å². The van der Waals surface area contributed by atoms with Gasteiger partial charge in [0.1, 0.15) is 22.3 Å². The molecule has 4 heteroatoms. The second-order valence-corrected chi connectivity index (χ2v) is 14.4. The molecule has 11 aromatic rings. The number of furan rings is 2. The van der Waals surface area contributed by atoms with E-state index in [2.05, 4.69) is 157 Å². The maximum Gasteiger partial charge on any atom is 0.135 e. The summed E-state index contributed by atoms with van der Waals surface area (Å²) in [7, 11) is 0. The first kappa shape index (κ1) is 29.1. The van der Waals surface area contributed by atoms with Crippen LogP contribution in [0.4, 0.5) is 17.1 Å². The van der Waals surface area contributed by atoms with E-state index >= 15 is 0 Å².